The van der Waals surface area contributed by atoms with Gasteiger partial charge in [-0.2, -0.15) is 13.2 Å². The van der Waals surface area contributed by atoms with E-state index in [2.05, 4.69) is 0 Å². The Kier molecular flexibility index (Phi) is 5.83. The number of rotatable bonds is 5. The Bertz CT molecular complexity index is 523. The summed E-state index contributed by atoms with van der Waals surface area (Å²) >= 11 is 5.74. The van der Waals surface area contributed by atoms with E-state index in [1.165, 1.54) is 24.3 Å². The summed E-state index contributed by atoms with van der Waals surface area (Å²) in [7, 11) is 0. The number of aliphatic carboxylic acids is 1. The number of hydrogen-bond acceptors (Lipinski definition) is 2. The predicted molar refractivity (Wildman–Crippen MR) is 70.5 cm³/mol. The minimum Gasteiger partial charge on any atom is -0.480 e. The van der Waals surface area contributed by atoms with Crippen LogP contribution >= 0.6 is 11.6 Å². The summed E-state index contributed by atoms with van der Waals surface area (Å²) in [6.45, 7) is -1.34. The van der Waals surface area contributed by atoms with Gasteiger partial charge in [0.05, 0.1) is 6.42 Å². The first-order chi connectivity index (χ1) is 9.69. The number of amides is 2. The standard InChI is InChI=1S/C12H12ClF3N2O3/c13-8-2-1-3-9(6-8)18(7-10(19)20)11(21)17-5-4-12(14,15)16/h1-3,6H,4-5,7H2,(H,17,21)(H,19,20). The lowest BCUT2D eigenvalue weighted by Gasteiger charge is -2.21. The number of nitrogens with one attached hydrogen (secondary N) is 1. The lowest BCUT2D eigenvalue weighted by molar-refractivity contribution is -0.135. The Balaban J connectivity index is 2.78. The zero-order chi connectivity index (χ0) is 16.0. The molecule has 1 aromatic carbocycles. The predicted octanol–water partition coefficient (Wildman–Crippen LogP) is 2.89. The van der Waals surface area contributed by atoms with Crippen LogP contribution < -0.4 is 10.2 Å². The number of halogens is 4. The maximum Gasteiger partial charge on any atom is 0.390 e. The van der Waals surface area contributed by atoms with Crippen LogP contribution in [0.25, 0.3) is 0 Å². The fraction of sp³-hybridized carbons (Fsp3) is 0.333. The van der Waals surface area contributed by atoms with Crippen molar-refractivity contribution in [3.8, 4) is 0 Å². The van der Waals surface area contributed by atoms with Crippen LogP contribution in [0.15, 0.2) is 24.3 Å². The van der Waals surface area contributed by atoms with Crippen LogP contribution in [-0.2, 0) is 4.79 Å². The summed E-state index contributed by atoms with van der Waals surface area (Å²) < 4.78 is 36.1. The topological polar surface area (TPSA) is 69.6 Å². The molecule has 0 saturated heterocycles. The Morgan fingerprint density at radius 1 is 1.33 bits per heavy atom. The van der Waals surface area contributed by atoms with Crippen LogP contribution in [0.2, 0.25) is 5.02 Å². The number of anilines is 1. The van der Waals surface area contributed by atoms with Gasteiger partial charge >= 0.3 is 18.2 Å². The molecule has 9 heteroatoms. The molecule has 116 valence electrons. The van der Waals surface area contributed by atoms with Gasteiger partial charge in [-0.15, -0.1) is 0 Å². The molecule has 2 amide bonds. The molecule has 21 heavy (non-hydrogen) atoms. The Hall–Kier alpha value is -1.96. The van der Waals surface area contributed by atoms with Gasteiger partial charge in [-0.25, -0.2) is 4.79 Å². The minimum atomic E-state index is -4.40. The van der Waals surface area contributed by atoms with Gasteiger partial charge in [0.25, 0.3) is 0 Å². The van der Waals surface area contributed by atoms with Crippen LogP contribution in [-0.4, -0.2) is 36.4 Å². The first-order valence-electron chi connectivity index (χ1n) is 5.78. The SMILES string of the molecule is O=C(O)CN(C(=O)NCCC(F)(F)F)c1cccc(Cl)c1. The molecule has 0 aliphatic heterocycles. The monoisotopic (exact) mass is 324 g/mol. The molecule has 2 N–H and O–H groups in total. The Morgan fingerprint density at radius 3 is 2.52 bits per heavy atom. The molecule has 1 aromatic rings. The summed E-state index contributed by atoms with van der Waals surface area (Å²) in [6.07, 6.45) is -5.60. The van der Waals surface area contributed by atoms with Gasteiger partial charge in [0, 0.05) is 17.3 Å². The van der Waals surface area contributed by atoms with E-state index >= 15 is 0 Å². The normalized spacial score (nSPS) is 11.0. The summed E-state index contributed by atoms with van der Waals surface area (Å²) in [5, 5.41) is 11.1. The Labute approximate surface area is 123 Å². The molecule has 0 heterocycles. The number of urea groups is 1. The third kappa shape index (κ3) is 6.35. The maximum atomic E-state index is 12.0. The molecule has 0 radical (unpaired) electrons. The number of carboxylic acids is 1. The highest BCUT2D eigenvalue weighted by molar-refractivity contribution is 6.30. The maximum absolute atomic E-state index is 12.0. The second-order valence-corrected chi connectivity index (χ2v) is 4.49. The van der Waals surface area contributed by atoms with E-state index < -0.39 is 37.7 Å². The smallest absolute Gasteiger partial charge is 0.390 e. The number of benzene rings is 1. The zero-order valence-corrected chi connectivity index (χ0v) is 11.4. The fourth-order valence-electron chi connectivity index (χ4n) is 1.47. The largest absolute Gasteiger partial charge is 0.480 e. The second kappa shape index (κ2) is 7.16. The van der Waals surface area contributed by atoms with Crippen molar-refractivity contribution in [3.05, 3.63) is 29.3 Å². The van der Waals surface area contributed by atoms with Gasteiger partial charge in [0.1, 0.15) is 6.54 Å². The molecule has 0 fully saturated rings. The van der Waals surface area contributed by atoms with Crippen LogP contribution in [0.5, 0.6) is 0 Å². The lowest BCUT2D eigenvalue weighted by atomic mass is 10.3. The highest BCUT2D eigenvalue weighted by Gasteiger charge is 2.27. The van der Waals surface area contributed by atoms with E-state index in [9.17, 15) is 22.8 Å². The van der Waals surface area contributed by atoms with Crippen LogP contribution in [0, 0.1) is 0 Å². The summed E-state index contributed by atoms with van der Waals surface area (Å²) in [5.74, 6) is -1.30. The third-order valence-electron chi connectivity index (χ3n) is 2.34. The number of carboxylic acid groups (broad SMARTS) is 1. The summed E-state index contributed by atoms with van der Waals surface area (Å²) in [5.41, 5.74) is 0.175. The molecular weight excluding hydrogens is 313 g/mol. The van der Waals surface area contributed by atoms with Gasteiger partial charge < -0.3 is 10.4 Å². The number of nitrogens with zero attached hydrogens (tertiary/aromatic N) is 1. The van der Waals surface area contributed by atoms with Crippen molar-refractivity contribution in [1.82, 2.24) is 5.32 Å². The molecule has 0 saturated carbocycles. The molecule has 0 bridgehead atoms. The number of hydrogen-bond donors (Lipinski definition) is 2. The molecule has 0 unspecified atom stereocenters. The highest BCUT2D eigenvalue weighted by Crippen LogP contribution is 2.20. The molecular formula is C12H12ClF3N2O3. The van der Waals surface area contributed by atoms with Gasteiger partial charge in [-0.3, -0.25) is 9.69 Å². The number of carbonyl (C=O) groups is 2. The van der Waals surface area contributed by atoms with Crippen molar-refractivity contribution in [1.29, 1.82) is 0 Å². The summed E-state index contributed by atoms with van der Waals surface area (Å²) in [4.78, 5) is 23.4. The van der Waals surface area contributed by atoms with Crippen molar-refractivity contribution < 1.29 is 27.9 Å². The van der Waals surface area contributed by atoms with E-state index in [0.29, 0.717) is 0 Å². The van der Waals surface area contributed by atoms with E-state index in [1.807, 2.05) is 5.32 Å². The molecule has 5 nitrogen and oxygen atoms in total. The number of carbonyl (C=O) groups excluding carboxylic acids is 1. The average Bonchev–Trinajstić information content (AvgIpc) is 2.34. The van der Waals surface area contributed by atoms with Gasteiger partial charge in [0.2, 0.25) is 0 Å². The van der Waals surface area contributed by atoms with Crippen molar-refractivity contribution in [2.75, 3.05) is 18.0 Å². The first kappa shape index (κ1) is 17.1. The van der Waals surface area contributed by atoms with E-state index in [4.69, 9.17) is 16.7 Å². The van der Waals surface area contributed by atoms with E-state index in [0.717, 1.165) is 4.90 Å². The molecule has 0 aliphatic carbocycles. The fourth-order valence-corrected chi connectivity index (χ4v) is 1.65. The van der Waals surface area contributed by atoms with Gasteiger partial charge in [0.15, 0.2) is 0 Å². The van der Waals surface area contributed by atoms with Crippen molar-refractivity contribution in [3.63, 3.8) is 0 Å². The van der Waals surface area contributed by atoms with E-state index in [1.54, 1.807) is 0 Å². The quantitative estimate of drug-likeness (QED) is 0.875. The molecule has 0 aromatic heterocycles. The van der Waals surface area contributed by atoms with Crippen LogP contribution in [0.1, 0.15) is 6.42 Å². The molecule has 0 spiro atoms. The van der Waals surface area contributed by atoms with E-state index in [-0.39, 0.29) is 10.7 Å². The molecule has 0 aliphatic rings. The molecule has 0 atom stereocenters. The number of alkyl halides is 3. The summed E-state index contributed by atoms with van der Waals surface area (Å²) in [6, 6.07) is 4.84. The zero-order valence-electron chi connectivity index (χ0n) is 10.7. The van der Waals surface area contributed by atoms with Gasteiger partial charge in [-0.05, 0) is 18.2 Å². The second-order valence-electron chi connectivity index (χ2n) is 4.06. The first-order valence-corrected chi connectivity index (χ1v) is 6.16. The van der Waals surface area contributed by atoms with Crippen molar-refractivity contribution >= 4 is 29.3 Å². The molecule has 1 rings (SSSR count). The highest BCUT2D eigenvalue weighted by atomic mass is 35.5. The average molecular weight is 325 g/mol. The Morgan fingerprint density at radius 2 is 2.00 bits per heavy atom. The third-order valence-corrected chi connectivity index (χ3v) is 2.58. The minimum absolute atomic E-state index is 0.175. The van der Waals surface area contributed by atoms with Crippen molar-refractivity contribution in [2.24, 2.45) is 0 Å². The van der Waals surface area contributed by atoms with Gasteiger partial charge in [-0.1, -0.05) is 17.7 Å². The van der Waals surface area contributed by atoms with Crippen molar-refractivity contribution in [2.45, 2.75) is 12.6 Å². The lowest BCUT2D eigenvalue weighted by Crippen LogP contribution is -2.43. The van der Waals surface area contributed by atoms with Crippen LogP contribution in [0.4, 0.5) is 23.7 Å². The van der Waals surface area contributed by atoms with Crippen LogP contribution in [0.3, 0.4) is 0 Å².